The van der Waals surface area contributed by atoms with Gasteiger partial charge in [-0.2, -0.15) is 0 Å². The Labute approximate surface area is 173 Å². The summed E-state index contributed by atoms with van der Waals surface area (Å²) in [4.78, 5) is 40.1. The van der Waals surface area contributed by atoms with Gasteiger partial charge in [0.2, 0.25) is 0 Å². The molecule has 0 atom stereocenters. The maximum atomic E-state index is 13.5. The zero-order valence-electron chi connectivity index (χ0n) is 16.5. The van der Waals surface area contributed by atoms with Gasteiger partial charge in [0.05, 0.1) is 15.9 Å². The van der Waals surface area contributed by atoms with Gasteiger partial charge in [-0.1, -0.05) is 29.8 Å². The quantitative estimate of drug-likeness (QED) is 0.827. The van der Waals surface area contributed by atoms with Gasteiger partial charge in [-0.3, -0.25) is 9.59 Å². The van der Waals surface area contributed by atoms with Crippen molar-refractivity contribution in [3.8, 4) is 5.75 Å². The minimum absolute atomic E-state index is 0.142. The Bertz CT molecular complexity index is 1100. The molecule has 1 aliphatic carbocycles. The summed E-state index contributed by atoms with van der Waals surface area (Å²) in [6, 6.07) is 4.98. The Balaban J connectivity index is 2.30. The molecule has 0 bridgehead atoms. The second-order valence-electron chi connectivity index (χ2n) is 6.50. The third-order valence-electron chi connectivity index (χ3n) is 4.79. The number of hydrogen-bond acceptors (Lipinski definition) is 4. The lowest BCUT2D eigenvalue weighted by atomic mass is 10.1. The van der Waals surface area contributed by atoms with Gasteiger partial charge in [-0.05, 0) is 38.0 Å². The van der Waals surface area contributed by atoms with Gasteiger partial charge < -0.3 is 19.5 Å². The highest BCUT2D eigenvalue weighted by molar-refractivity contribution is 6.36. The highest BCUT2D eigenvalue weighted by Gasteiger charge is 2.29. The normalized spacial score (nSPS) is 13.2. The molecule has 3 rings (SSSR count). The van der Waals surface area contributed by atoms with Crippen LogP contribution in [0.4, 0.5) is 4.79 Å². The largest absolute Gasteiger partial charge is 0.412 e. The fourth-order valence-electron chi connectivity index (χ4n) is 3.33. The van der Waals surface area contributed by atoms with Gasteiger partial charge in [0, 0.05) is 26.3 Å². The monoisotopic (exact) mass is 415 g/mol. The van der Waals surface area contributed by atoms with E-state index in [0.717, 1.165) is 12.8 Å². The molecule has 1 aromatic heterocycles. The van der Waals surface area contributed by atoms with Gasteiger partial charge in [0.25, 0.3) is 11.5 Å². The van der Waals surface area contributed by atoms with Crippen molar-refractivity contribution in [2.75, 3.05) is 13.6 Å². The van der Waals surface area contributed by atoms with E-state index in [4.69, 9.17) is 16.3 Å². The summed E-state index contributed by atoms with van der Waals surface area (Å²) in [5.74, 6) is -0.691. The molecule has 0 spiro atoms. The van der Waals surface area contributed by atoms with E-state index in [0.29, 0.717) is 23.1 Å². The van der Waals surface area contributed by atoms with Crippen molar-refractivity contribution in [1.29, 1.82) is 0 Å². The predicted octanol–water partition coefficient (Wildman–Crippen LogP) is 3.61. The Kier molecular flexibility index (Phi) is 6.08. The summed E-state index contributed by atoms with van der Waals surface area (Å²) in [7, 11) is 2.95. The van der Waals surface area contributed by atoms with Crippen molar-refractivity contribution >= 4 is 34.5 Å². The lowest BCUT2D eigenvalue weighted by Gasteiger charge is -2.25. The standard InChI is InChI=1S/C21H22ClN3O4/c1-4-25(13-9-6-5-7-10-13)20(27)17-18(29-21(28)23-2)16-14(22)11-8-12-15(16)24(3)19(17)26/h6,8-12H,4-5,7H2,1-3H3,(H,23,28). The summed E-state index contributed by atoms with van der Waals surface area (Å²) in [6.07, 6.45) is 6.67. The van der Waals surface area contributed by atoms with E-state index in [1.54, 1.807) is 25.2 Å². The van der Waals surface area contributed by atoms with Crippen LogP contribution in [0, 0.1) is 0 Å². The smallest absolute Gasteiger partial charge is 0.408 e. The first-order chi connectivity index (χ1) is 13.9. The Hall–Kier alpha value is -3.06. The average molecular weight is 416 g/mol. The van der Waals surface area contributed by atoms with Crippen molar-refractivity contribution in [3.63, 3.8) is 0 Å². The van der Waals surface area contributed by atoms with Crippen molar-refractivity contribution in [2.45, 2.75) is 19.8 Å². The topological polar surface area (TPSA) is 80.6 Å². The number of benzene rings is 1. The number of aromatic nitrogens is 1. The highest BCUT2D eigenvalue weighted by Crippen LogP contribution is 2.34. The minimum Gasteiger partial charge on any atom is -0.408 e. The Morgan fingerprint density at radius 3 is 2.69 bits per heavy atom. The molecule has 8 heteroatoms. The van der Waals surface area contributed by atoms with Gasteiger partial charge in [-0.15, -0.1) is 0 Å². The molecule has 2 amide bonds. The molecule has 29 heavy (non-hydrogen) atoms. The SMILES string of the molecule is CCN(C(=O)c1c(OC(=O)NC)c2c(Cl)cccc2n(C)c1=O)C1=CCCC=C1. The minimum atomic E-state index is -0.798. The van der Waals surface area contributed by atoms with E-state index in [2.05, 4.69) is 5.32 Å². The van der Waals surface area contributed by atoms with Crippen molar-refractivity contribution in [3.05, 3.63) is 63.1 Å². The van der Waals surface area contributed by atoms with Crippen LogP contribution >= 0.6 is 11.6 Å². The Morgan fingerprint density at radius 1 is 1.31 bits per heavy atom. The number of likely N-dealkylation sites (N-methyl/N-ethyl adjacent to an activating group) is 1. The van der Waals surface area contributed by atoms with E-state index in [1.165, 1.54) is 16.5 Å². The van der Waals surface area contributed by atoms with E-state index in [1.807, 2.05) is 25.2 Å². The summed E-state index contributed by atoms with van der Waals surface area (Å²) in [5.41, 5.74) is 0.356. The molecule has 1 N–H and O–H groups in total. The van der Waals surface area contributed by atoms with Crippen molar-refractivity contribution < 1.29 is 14.3 Å². The maximum Gasteiger partial charge on any atom is 0.412 e. The van der Waals surface area contributed by atoms with Crippen LogP contribution in [0.3, 0.4) is 0 Å². The molecule has 7 nitrogen and oxygen atoms in total. The number of fused-ring (bicyclic) bond motifs is 1. The van der Waals surface area contributed by atoms with Crippen LogP contribution in [-0.2, 0) is 7.05 Å². The number of carbonyl (C=O) groups excluding carboxylic acids is 2. The molecule has 0 fully saturated rings. The van der Waals surface area contributed by atoms with E-state index in [9.17, 15) is 14.4 Å². The first kappa shape index (κ1) is 20.7. The summed E-state index contributed by atoms with van der Waals surface area (Å²) in [6.45, 7) is 2.16. The molecule has 0 radical (unpaired) electrons. The van der Waals surface area contributed by atoms with E-state index < -0.39 is 17.6 Å². The van der Waals surface area contributed by atoms with Crippen LogP contribution in [0.15, 0.2) is 46.9 Å². The number of ether oxygens (including phenoxy) is 1. The molecule has 0 aliphatic heterocycles. The number of rotatable bonds is 4. The summed E-state index contributed by atoms with van der Waals surface area (Å²) in [5, 5.41) is 2.94. The second kappa shape index (κ2) is 8.53. The fraction of sp³-hybridized carbons (Fsp3) is 0.286. The molecule has 1 heterocycles. The number of carbonyl (C=O) groups is 2. The van der Waals surface area contributed by atoms with Gasteiger partial charge in [-0.25, -0.2) is 4.79 Å². The molecule has 0 saturated heterocycles. The van der Waals surface area contributed by atoms with Crippen LogP contribution in [0.1, 0.15) is 30.1 Å². The number of nitrogens with one attached hydrogen (secondary N) is 1. The lowest BCUT2D eigenvalue weighted by molar-refractivity contribution is 0.0812. The fourth-order valence-corrected chi connectivity index (χ4v) is 3.58. The number of halogens is 1. The zero-order chi connectivity index (χ0) is 21.1. The molecule has 2 aromatic rings. The number of aryl methyl sites for hydroxylation is 1. The second-order valence-corrected chi connectivity index (χ2v) is 6.91. The van der Waals surface area contributed by atoms with Crippen LogP contribution in [0.2, 0.25) is 5.02 Å². The van der Waals surface area contributed by atoms with Gasteiger partial charge in [0.1, 0.15) is 5.56 Å². The highest BCUT2D eigenvalue weighted by atomic mass is 35.5. The first-order valence-corrected chi connectivity index (χ1v) is 9.67. The third kappa shape index (κ3) is 3.78. The summed E-state index contributed by atoms with van der Waals surface area (Å²) < 4.78 is 6.73. The number of amides is 2. The predicted molar refractivity (Wildman–Crippen MR) is 112 cm³/mol. The van der Waals surface area contributed by atoms with Crippen LogP contribution in [0.25, 0.3) is 10.9 Å². The third-order valence-corrected chi connectivity index (χ3v) is 5.10. The summed E-state index contributed by atoms with van der Waals surface area (Å²) >= 11 is 6.38. The molecule has 0 unspecified atom stereocenters. The van der Waals surface area contributed by atoms with Crippen LogP contribution < -0.4 is 15.6 Å². The molecule has 1 aliphatic rings. The zero-order valence-corrected chi connectivity index (χ0v) is 17.2. The molecule has 1 aromatic carbocycles. The first-order valence-electron chi connectivity index (χ1n) is 9.30. The van der Waals surface area contributed by atoms with Crippen LogP contribution in [0.5, 0.6) is 5.75 Å². The van der Waals surface area contributed by atoms with E-state index in [-0.39, 0.29) is 16.3 Å². The van der Waals surface area contributed by atoms with Crippen molar-refractivity contribution in [2.24, 2.45) is 7.05 Å². The van der Waals surface area contributed by atoms with Gasteiger partial charge >= 0.3 is 6.09 Å². The number of allylic oxidation sites excluding steroid dienone is 3. The Morgan fingerprint density at radius 2 is 2.07 bits per heavy atom. The molecular weight excluding hydrogens is 394 g/mol. The van der Waals surface area contributed by atoms with Crippen molar-refractivity contribution in [1.82, 2.24) is 14.8 Å². The number of pyridine rings is 1. The van der Waals surface area contributed by atoms with E-state index >= 15 is 0 Å². The van der Waals surface area contributed by atoms with Crippen LogP contribution in [-0.4, -0.2) is 35.1 Å². The molecule has 0 saturated carbocycles. The number of hydrogen-bond donors (Lipinski definition) is 1. The number of nitrogens with zero attached hydrogens (tertiary/aromatic N) is 2. The van der Waals surface area contributed by atoms with Gasteiger partial charge in [0.15, 0.2) is 5.75 Å². The average Bonchev–Trinajstić information content (AvgIpc) is 2.73. The molecule has 152 valence electrons. The molecular formula is C21H22ClN3O4. The lowest BCUT2D eigenvalue weighted by Crippen LogP contribution is -2.37. The maximum absolute atomic E-state index is 13.5.